The van der Waals surface area contributed by atoms with Crippen LogP contribution < -0.4 is 19.5 Å². The molecule has 1 heterocycles. The molecule has 1 aliphatic rings. The Morgan fingerprint density at radius 1 is 0.857 bits per heavy atom. The Labute approximate surface area is 248 Å². The molecule has 9 heteroatoms. The average molecular weight is 576 g/mol. The third kappa shape index (κ3) is 8.71. The van der Waals surface area contributed by atoms with E-state index in [2.05, 4.69) is 10.2 Å². The molecule has 3 aromatic rings. The predicted molar refractivity (Wildman–Crippen MR) is 161 cm³/mol. The van der Waals surface area contributed by atoms with Gasteiger partial charge in [0.1, 0.15) is 11.8 Å². The van der Waals surface area contributed by atoms with Crippen molar-refractivity contribution in [2.24, 2.45) is 0 Å². The van der Waals surface area contributed by atoms with Crippen molar-refractivity contribution in [3.05, 3.63) is 89.5 Å². The van der Waals surface area contributed by atoms with Crippen LogP contribution in [0.25, 0.3) is 0 Å². The summed E-state index contributed by atoms with van der Waals surface area (Å²) in [6, 6.07) is 22.1. The SMILES string of the molecule is COc1ccc(CN(C(=O)Cc2ccc(OC)c(OC)c2)[C@@H](Cc2ccccc2)C(=O)NCCN2CCOCC2)cc1. The number of rotatable bonds is 14. The Kier molecular flexibility index (Phi) is 11.6. The van der Waals surface area contributed by atoms with E-state index in [9.17, 15) is 9.59 Å². The normalized spacial score (nSPS) is 14.1. The van der Waals surface area contributed by atoms with Crippen molar-refractivity contribution in [3.8, 4) is 17.2 Å². The summed E-state index contributed by atoms with van der Waals surface area (Å²) in [5.74, 6) is 1.52. The van der Waals surface area contributed by atoms with E-state index < -0.39 is 6.04 Å². The first-order valence-corrected chi connectivity index (χ1v) is 14.3. The van der Waals surface area contributed by atoms with Crippen LogP contribution in [-0.4, -0.2) is 88.4 Å². The lowest BCUT2D eigenvalue weighted by Crippen LogP contribution is -2.52. The summed E-state index contributed by atoms with van der Waals surface area (Å²) in [5.41, 5.74) is 2.64. The first kappa shape index (κ1) is 30.9. The number of morpholine rings is 1. The number of nitrogens with one attached hydrogen (secondary N) is 1. The number of nitrogens with zero attached hydrogens (tertiary/aromatic N) is 2. The van der Waals surface area contributed by atoms with Gasteiger partial charge in [-0.1, -0.05) is 48.5 Å². The zero-order valence-corrected chi connectivity index (χ0v) is 24.7. The number of carbonyl (C=O) groups is 2. The molecule has 1 aliphatic heterocycles. The third-order valence-electron chi connectivity index (χ3n) is 7.42. The van der Waals surface area contributed by atoms with Crippen LogP contribution in [0.5, 0.6) is 17.2 Å². The van der Waals surface area contributed by atoms with Crippen molar-refractivity contribution in [2.45, 2.75) is 25.4 Å². The molecule has 4 rings (SSSR count). The Balaban J connectivity index is 1.60. The molecule has 0 spiro atoms. The molecule has 0 aliphatic carbocycles. The molecule has 3 aromatic carbocycles. The second-order valence-corrected chi connectivity index (χ2v) is 10.2. The van der Waals surface area contributed by atoms with Gasteiger partial charge in [0.15, 0.2) is 11.5 Å². The summed E-state index contributed by atoms with van der Waals surface area (Å²) in [7, 11) is 4.76. The molecule has 0 aromatic heterocycles. The smallest absolute Gasteiger partial charge is 0.243 e. The highest BCUT2D eigenvalue weighted by atomic mass is 16.5. The number of carbonyl (C=O) groups excluding carboxylic acids is 2. The lowest BCUT2D eigenvalue weighted by Gasteiger charge is -2.32. The van der Waals surface area contributed by atoms with E-state index in [4.69, 9.17) is 18.9 Å². The molecule has 0 saturated carbocycles. The highest BCUT2D eigenvalue weighted by molar-refractivity contribution is 5.89. The van der Waals surface area contributed by atoms with E-state index in [0.717, 1.165) is 42.1 Å². The summed E-state index contributed by atoms with van der Waals surface area (Å²) in [5, 5.41) is 3.12. The molecule has 42 heavy (non-hydrogen) atoms. The number of hydrogen-bond acceptors (Lipinski definition) is 7. The molecule has 1 N–H and O–H groups in total. The van der Waals surface area contributed by atoms with E-state index >= 15 is 0 Å². The molecule has 9 nitrogen and oxygen atoms in total. The van der Waals surface area contributed by atoms with E-state index in [1.807, 2.05) is 60.7 Å². The highest BCUT2D eigenvalue weighted by Gasteiger charge is 2.30. The Bertz CT molecular complexity index is 1280. The van der Waals surface area contributed by atoms with E-state index in [0.29, 0.717) is 37.7 Å². The second-order valence-electron chi connectivity index (χ2n) is 10.2. The summed E-state index contributed by atoms with van der Waals surface area (Å²) in [6.07, 6.45) is 0.487. The van der Waals surface area contributed by atoms with Gasteiger partial charge in [-0.25, -0.2) is 0 Å². The molecule has 1 saturated heterocycles. The van der Waals surface area contributed by atoms with Gasteiger partial charge in [0.25, 0.3) is 0 Å². The van der Waals surface area contributed by atoms with E-state index in [1.54, 1.807) is 38.4 Å². The quantitative estimate of drug-likeness (QED) is 0.315. The van der Waals surface area contributed by atoms with E-state index in [1.165, 1.54) is 0 Å². The van der Waals surface area contributed by atoms with Crippen LogP contribution in [-0.2, 0) is 33.7 Å². The lowest BCUT2D eigenvalue weighted by molar-refractivity contribution is -0.140. The maximum atomic E-state index is 14.1. The molecular weight excluding hydrogens is 534 g/mol. The monoisotopic (exact) mass is 575 g/mol. The van der Waals surface area contributed by atoms with E-state index in [-0.39, 0.29) is 24.8 Å². The topological polar surface area (TPSA) is 89.6 Å². The fourth-order valence-electron chi connectivity index (χ4n) is 5.03. The van der Waals surface area contributed by atoms with Crippen LogP contribution in [0.3, 0.4) is 0 Å². The predicted octanol–water partition coefficient (Wildman–Crippen LogP) is 3.34. The van der Waals surface area contributed by atoms with Crippen LogP contribution >= 0.6 is 0 Å². The van der Waals surface area contributed by atoms with Gasteiger partial charge in [0.05, 0.1) is 41.0 Å². The van der Waals surface area contributed by atoms with Gasteiger partial charge < -0.3 is 29.2 Å². The minimum atomic E-state index is -0.716. The van der Waals surface area contributed by atoms with Gasteiger partial charge >= 0.3 is 0 Å². The zero-order chi connectivity index (χ0) is 29.7. The van der Waals surface area contributed by atoms with Crippen molar-refractivity contribution in [1.29, 1.82) is 0 Å². The van der Waals surface area contributed by atoms with Gasteiger partial charge in [-0.05, 0) is 41.0 Å². The molecule has 224 valence electrons. The van der Waals surface area contributed by atoms with Crippen molar-refractivity contribution in [1.82, 2.24) is 15.1 Å². The summed E-state index contributed by atoms with van der Waals surface area (Å²) in [4.78, 5) is 31.9. The number of ether oxygens (including phenoxy) is 4. The number of hydrogen-bond donors (Lipinski definition) is 1. The van der Waals surface area contributed by atoms with Gasteiger partial charge in [0, 0.05) is 39.1 Å². The van der Waals surface area contributed by atoms with Crippen molar-refractivity contribution >= 4 is 11.8 Å². The summed E-state index contributed by atoms with van der Waals surface area (Å²) >= 11 is 0. The molecule has 0 bridgehead atoms. The molecular formula is C33H41N3O6. The van der Waals surface area contributed by atoms with Gasteiger partial charge in [-0.2, -0.15) is 0 Å². The van der Waals surface area contributed by atoms with Crippen molar-refractivity contribution in [2.75, 3.05) is 60.7 Å². The zero-order valence-electron chi connectivity index (χ0n) is 24.7. The molecule has 2 amide bonds. The number of methoxy groups -OCH3 is 3. The summed E-state index contributed by atoms with van der Waals surface area (Å²) < 4.78 is 21.6. The minimum Gasteiger partial charge on any atom is -0.497 e. The Morgan fingerprint density at radius 2 is 1.55 bits per heavy atom. The Hall–Kier alpha value is -4.08. The maximum absolute atomic E-state index is 14.1. The largest absolute Gasteiger partial charge is 0.497 e. The van der Waals surface area contributed by atoms with Crippen LogP contribution in [0, 0.1) is 0 Å². The fourth-order valence-corrected chi connectivity index (χ4v) is 5.03. The molecule has 1 atom stereocenters. The first-order chi connectivity index (χ1) is 20.5. The van der Waals surface area contributed by atoms with Crippen LogP contribution in [0.1, 0.15) is 16.7 Å². The minimum absolute atomic E-state index is 0.100. The fraction of sp³-hybridized carbons (Fsp3) is 0.394. The molecule has 1 fully saturated rings. The second kappa shape index (κ2) is 15.8. The van der Waals surface area contributed by atoms with Gasteiger partial charge in [-0.15, -0.1) is 0 Å². The standard InChI is InChI=1S/C33H41N3O6/c1-39-28-12-9-26(10-13-28)24-36(32(37)23-27-11-14-30(40-2)31(22-27)41-3)29(21-25-7-5-4-6-8-25)33(38)34-15-16-35-17-19-42-20-18-35/h4-14,22,29H,15-21,23-24H2,1-3H3,(H,34,38)/t29-/m0/s1. The molecule has 0 radical (unpaired) electrons. The molecule has 0 unspecified atom stereocenters. The maximum Gasteiger partial charge on any atom is 0.243 e. The van der Waals surface area contributed by atoms with Crippen molar-refractivity contribution in [3.63, 3.8) is 0 Å². The number of amides is 2. The first-order valence-electron chi connectivity index (χ1n) is 14.3. The van der Waals surface area contributed by atoms with Crippen LogP contribution in [0.4, 0.5) is 0 Å². The number of benzene rings is 3. The van der Waals surface area contributed by atoms with Gasteiger partial charge in [0.2, 0.25) is 11.8 Å². The van der Waals surface area contributed by atoms with Crippen molar-refractivity contribution < 1.29 is 28.5 Å². The third-order valence-corrected chi connectivity index (χ3v) is 7.42. The van der Waals surface area contributed by atoms with Crippen LogP contribution in [0.2, 0.25) is 0 Å². The lowest BCUT2D eigenvalue weighted by atomic mass is 10.0. The highest BCUT2D eigenvalue weighted by Crippen LogP contribution is 2.28. The Morgan fingerprint density at radius 3 is 2.21 bits per heavy atom. The average Bonchev–Trinajstić information content (AvgIpc) is 3.03. The van der Waals surface area contributed by atoms with Gasteiger partial charge in [-0.3, -0.25) is 14.5 Å². The summed E-state index contributed by atoms with van der Waals surface area (Å²) in [6.45, 7) is 4.57. The van der Waals surface area contributed by atoms with Crippen LogP contribution in [0.15, 0.2) is 72.8 Å².